The van der Waals surface area contributed by atoms with Crippen molar-refractivity contribution in [3.8, 4) is 0 Å². The molecule has 0 aromatic carbocycles. The molecule has 0 saturated carbocycles. The van der Waals surface area contributed by atoms with Gasteiger partial charge in [0, 0.05) is 12.5 Å². The summed E-state index contributed by atoms with van der Waals surface area (Å²) in [6.45, 7) is 2.52. The molecular weight excluding hydrogens is 365 g/mol. The third-order valence-corrected chi connectivity index (χ3v) is 4.47. The van der Waals surface area contributed by atoms with Crippen LogP contribution >= 0.6 is 23.2 Å². The number of rotatable bonds is 16. The van der Waals surface area contributed by atoms with Crippen molar-refractivity contribution in [2.45, 2.75) is 69.5 Å². The lowest BCUT2D eigenvalue weighted by Gasteiger charge is -2.12. The summed E-state index contributed by atoms with van der Waals surface area (Å²) in [5.41, 5.74) is 5.59. The van der Waals surface area contributed by atoms with E-state index >= 15 is 0 Å². The van der Waals surface area contributed by atoms with E-state index in [1.807, 2.05) is 0 Å². The summed E-state index contributed by atoms with van der Waals surface area (Å²) < 4.78 is 0. The van der Waals surface area contributed by atoms with Crippen LogP contribution in [-0.2, 0) is 4.79 Å². The fourth-order valence-electron chi connectivity index (χ4n) is 2.41. The summed E-state index contributed by atoms with van der Waals surface area (Å²) in [5.74, 6) is -0.423. The highest BCUT2D eigenvalue weighted by Crippen LogP contribution is 2.15. The second-order valence-corrected chi connectivity index (χ2v) is 7.40. The minimum absolute atomic E-state index is 0.174. The number of alkyl halides is 2. The van der Waals surface area contributed by atoms with E-state index in [2.05, 4.69) is 55.5 Å². The van der Waals surface area contributed by atoms with Crippen LogP contribution in [0.25, 0.3) is 0 Å². The van der Waals surface area contributed by atoms with Crippen LogP contribution in [0, 0.1) is 5.92 Å². The van der Waals surface area contributed by atoms with Crippen molar-refractivity contribution in [2.75, 3.05) is 6.54 Å². The number of allylic oxidation sites excluding steroid dienone is 8. The van der Waals surface area contributed by atoms with Gasteiger partial charge in [0.1, 0.15) is 0 Å². The van der Waals surface area contributed by atoms with Gasteiger partial charge >= 0.3 is 0 Å². The van der Waals surface area contributed by atoms with Crippen LogP contribution in [0.1, 0.15) is 64.7 Å². The summed E-state index contributed by atoms with van der Waals surface area (Å²) in [5, 5.41) is 0. The average Bonchev–Trinajstić information content (AvgIpc) is 2.64. The maximum atomic E-state index is 11.7. The number of unbranched alkanes of at least 4 members (excludes halogenated alkanes) is 3. The maximum Gasteiger partial charge on any atom is 0.170 e. The third-order valence-electron chi connectivity index (χ3n) is 4.04. The van der Waals surface area contributed by atoms with Crippen LogP contribution in [0.5, 0.6) is 0 Å². The Morgan fingerprint density at radius 2 is 1.35 bits per heavy atom. The average molecular weight is 400 g/mol. The van der Waals surface area contributed by atoms with Crippen molar-refractivity contribution < 1.29 is 4.79 Å². The van der Waals surface area contributed by atoms with Crippen LogP contribution < -0.4 is 5.73 Å². The zero-order chi connectivity index (χ0) is 19.5. The second-order valence-electron chi connectivity index (χ2n) is 6.30. The molecule has 0 saturated heterocycles. The normalized spacial score (nSPS) is 13.9. The van der Waals surface area contributed by atoms with E-state index < -0.39 is 4.84 Å². The Balaban J connectivity index is 3.69. The molecule has 4 heteroatoms. The number of nitrogens with two attached hydrogens (primary N) is 1. The SMILES string of the molecule is CCCCC/C=C\C/C=C\C/C=C\C/C=C\CCC(CN)C(=O)C(Cl)Cl. The molecule has 0 spiro atoms. The highest BCUT2D eigenvalue weighted by molar-refractivity contribution is 6.53. The highest BCUT2D eigenvalue weighted by atomic mass is 35.5. The summed E-state index contributed by atoms with van der Waals surface area (Å²) >= 11 is 11.2. The molecule has 0 bridgehead atoms. The Morgan fingerprint density at radius 1 is 0.846 bits per heavy atom. The van der Waals surface area contributed by atoms with Gasteiger partial charge in [-0.15, -0.1) is 0 Å². The van der Waals surface area contributed by atoms with Gasteiger partial charge in [-0.3, -0.25) is 4.79 Å². The van der Waals surface area contributed by atoms with Crippen LogP contribution in [0.2, 0.25) is 0 Å². The molecule has 0 amide bonds. The van der Waals surface area contributed by atoms with Gasteiger partial charge in [-0.2, -0.15) is 0 Å². The van der Waals surface area contributed by atoms with E-state index in [-0.39, 0.29) is 11.7 Å². The van der Waals surface area contributed by atoms with E-state index in [0.717, 1.165) is 25.7 Å². The van der Waals surface area contributed by atoms with Crippen LogP contribution in [0.4, 0.5) is 0 Å². The van der Waals surface area contributed by atoms with E-state index in [4.69, 9.17) is 28.9 Å². The van der Waals surface area contributed by atoms with Crippen molar-refractivity contribution in [1.29, 1.82) is 0 Å². The topological polar surface area (TPSA) is 43.1 Å². The third kappa shape index (κ3) is 15.4. The summed E-state index contributed by atoms with van der Waals surface area (Å²) in [6.07, 6.45) is 27.0. The first-order valence-electron chi connectivity index (χ1n) is 9.75. The van der Waals surface area contributed by atoms with Gasteiger partial charge in [0.25, 0.3) is 0 Å². The predicted octanol–water partition coefficient (Wildman–Crippen LogP) is 6.69. The maximum absolute atomic E-state index is 11.7. The van der Waals surface area contributed by atoms with Crippen LogP contribution in [0.3, 0.4) is 0 Å². The van der Waals surface area contributed by atoms with Crippen molar-refractivity contribution in [2.24, 2.45) is 11.7 Å². The van der Waals surface area contributed by atoms with Crippen molar-refractivity contribution in [1.82, 2.24) is 0 Å². The molecule has 1 atom stereocenters. The number of hydrogen-bond donors (Lipinski definition) is 1. The molecular formula is C22H35Cl2NO. The van der Waals surface area contributed by atoms with Crippen molar-refractivity contribution in [3.05, 3.63) is 48.6 Å². The number of halogens is 2. The van der Waals surface area contributed by atoms with Gasteiger partial charge < -0.3 is 5.73 Å². The van der Waals surface area contributed by atoms with Gasteiger partial charge in [-0.25, -0.2) is 0 Å². The molecule has 2 nitrogen and oxygen atoms in total. The zero-order valence-corrected chi connectivity index (χ0v) is 17.6. The molecule has 0 heterocycles. The smallest absolute Gasteiger partial charge is 0.170 e. The number of hydrogen-bond acceptors (Lipinski definition) is 2. The fraction of sp³-hybridized carbons (Fsp3) is 0.591. The molecule has 0 aliphatic carbocycles. The lowest BCUT2D eigenvalue weighted by atomic mass is 9.99. The Labute approximate surface area is 170 Å². The molecule has 1 unspecified atom stereocenters. The second kappa shape index (κ2) is 18.9. The number of Topliss-reactive ketones (excluding diaryl/α,β-unsaturated/α-hetero) is 1. The molecule has 0 radical (unpaired) electrons. The van der Waals surface area contributed by atoms with E-state index in [1.165, 1.54) is 25.7 Å². The molecule has 0 rings (SSSR count). The first-order chi connectivity index (χ1) is 12.6. The molecule has 0 aliphatic rings. The monoisotopic (exact) mass is 399 g/mol. The van der Waals surface area contributed by atoms with Crippen LogP contribution in [0.15, 0.2) is 48.6 Å². The standard InChI is InChI=1S/C22H35Cl2NO/c1-2-3-4-5-6-7-8-9-10-11-12-13-14-15-16-17-18-20(19-25)21(26)22(23)24/h6-7,9-10,12-13,15-16,20,22H,2-5,8,11,14,17-19,25H2,1H3/b7-6-,10-9-,13-12-,16-15-. The molecule has 0 aromatic rings. The Bertz CT molecular complexity index is 453. The van der Waals surface area contributed by atoms with Gasteiger partial charge in [-0.05, 0) is 44.9 Å². The molecule has 2 N–H and O–H groups in total. The Hall–Kier alpha value is -0.830. The zero-order valence-electron chi connectivity index (χ0n) is 16.1. The lowest BCUT2D eigenvalue weighted by Crippen LogP contribution is -2.27. The van der Waals surface area contributed by atoms with Gasteiger partial charge in [0.15, 0.2) is 10.6 Å². The van der Waals surface area contributed by atoms with Gasteiger partial charge in [0.2, 0.25) is 0 Å². The quantitative estimate of drug-likeness (QED) is 0.178. The predicted molar refractivity (Wildman–Crippen MR) is 117 cm³/mol. The minimum atomic E-state index is -0.972. The molecule has 148 valence electrons. The van der Waals surface area contributed by atoms with Gasteiger partial charge in [0.05, 0.1) is 0 Å². The van der Waals surface area contributed by atoms with E-state index in [1.54, 1.807) is 0 Å². The Morgan fingerprint density at radius 3 is 1.81 bits per heavy atom. The Kier molecular flexibility index (Phi) is 18.3. The summed E-state index contributed by atoms with van der Waals surface area (Å²) in [4.78, 5) is 10.7. The molecule has 26 heavy (non-hydrogen) atoms. The first-order valence-corrected chi connectivity index (χ1v) is 10.6. The van der Waals surface area contributed by atoms with E-state index in [9.17, 15) is 4.79 Å². The summed E-state index contributed by atoms with van der Waals surface area (Å²) in [6, 6.07) is 0. The first kappa shape index (κ1) is 25.2. The number of carbonyl (C=O) groups excluding carboxylic acids is 1. The molecule has 0 aliphatic heterocycles. The largest absolute Gasteiger partial charge is 0.330 e. The van der Waals surface area contributed by atoms with E-state index in [0.29, 0.717) is 13.0 Å². The van der Waals surface area contributed by atoms with Gasteiger partial charge in [-0.1, -0.05) is 91.6 Å². The number of carbonyl (C=O) groups is 1. The lowest BCUT2D eigenvalue weighted by molar-refractivity contribution is -0.121. The molecule has 0 aromatic heterocycles. The summed E-state index contributed by atoms with van der Waals surface area (Å²) in [7, 11) is 0. The minimum Gasteiger partial charge on any atom is -0.330 e. The molecule has 0 fully saturated rings. The van der Waals surface area contributed by atoms with Crippen molar-refractivity contribution in [3.63, 3.8) is 0 Å². The highest BCUT2D eigenvalue weighted by Gasteiger charge is 2.21. The fourth-order valence-corrected chi connectivity index (χ4v) is 2.77. The number of ketones is 1. The van der Waals surface area contributed by atoms with Crippen LogP contribution in [-0.4, -0.2) is 17.2 Å². The van der Waals surface area contributed by atoms with Crippen molar-refractivity contribution >= 4 is 29.0 Å².